The molecular weight excluding hydrogens is 356 g/mol. The van der Waals surface area contributed by atoms with Crippen molar-refractivity contribution in [1.29, 1.82) is 0 Å². The summed E-state index contributed by atoms with van der Waals surface area (Å²) in [6.07, 6.45) is 4.50. The fourth-order valence-electron chi connectivity index (χ4n) is 3.52. The number of aromatic nitrogens is 3. The van der Waals surface area contributed by atoms with E-state index in [4.69, 9.17) is 0 Å². The number of pyridine rings is 1. The van der Waals surface area contributed by atoms with Gasteiger partial charge in [0.05, 0.1) is 12.2 Å². The van der Waals surface area contributed by atoms with E-state index in [-0.39, 0.29) is 25.4 Å². The molecule has 0 aliphatic carbocycles. The van der Waals surface area contributed by atoms with Gasteiger partial charge in [-0.2, -0.15) is 18.6 Å². The number of fused-ring (bicyclic) bond motifs is 1. The normalized spacial score (nSPS) is 16.0. The maximum absolute atomic E-state index is 13.4. The van der Waals surface area contributed by atoms with Crippen LogP contribution >= 0.6 is 13.5 Å². The molecule has 0 saturated heterocycles. The topological polar surface area (TPSA) is 51.0 Å². The lowest BCUT2D eigenvalue weighted by Gasteiger charge is -2.33. The van der Waals surface area contributed by atoms with Crippen LogP contribution in [0.5, 0.6) is 0 Å². The Balaban J connectivity index is 0.00000210. The Kier molecular flexibility index (Phi) is 5.37. The van der Waals surface area contributed by atoms with E-state index in [0.717, 1.165) is 28.9 Å². The van der Waals surface area contributed by atoms with Crippen LogP contribution in [0.2, 0.25) is 0 Å². The number of carbonyl (C=O) groups is 1. The van der Waals surface area contributed by atoms with Crippen LogP contribution < -0.4 is 4.90 Å². The molecule has 5 nitrogen and oxygen atoms in total. The van der Waals surface area contributed by atoms with Crippen LogP contribution in [-0.4, -0.2) is 27.2 Å². The molecule has 0 saturated carbocycles. The number of anilines is 1. The first-order valence-corrected chi connectivity index (χ1v) is 8.97. The second-order valence-corrected chi connectivity index (χ2v) is 6.85. The number of rotatable bonds is 3. The van der Waals surface area contributed by atoms with E-state index in [2.05, 4.69) is 23.9 Å². The molecular formula is C21H24N4OS. The first-order valence-electron chi connectivity index (χ1n) is 8.97. The maximum Gasteiger partial charge on any atom is 0.277 e. The average Bonchev–Trinajstić information content (AvgIpc) is 3.09. The van der Waals surface area contributed by atoms with E-state index < -0.39 is 0 Å². The highest BCUT2D eigenvalue weighted by molar-refractivity contribution is 7.59. The van der Waals surface area contributed by atoms with Gasteiger partial charge in [0.2, 0.25) is 0 Å². The number of aryl methyl sites for hydroxylation is 2. The largest absolute Gasteiger partial charge is 0.305 e. The van der Waals surface area contributed by atoms with Crippen molar-refractivity contribution in [3.8, 4) is 11.1 Å². The van der Waals surface area contributed by atoms with E-state index in [0.29, 0.717) is 12.2 Å². The van der Waals surface area contributed by atoms with Crippen molar-refractivity contribution in [3.05, 3.63) is 65.7 Å². The smallest absolute Gasteiger partial charge is 0.277 e. The summed E-state index contributed by atoms with van der Waals surface area (Å²) in [5.74, 6) is 0.000480. The first-order chi connectivity index (χ1) is 12.6. The van der Waals surface area contributed by atoms with Crippen molar-refractivity contribution < 1.29 is 4.79 Å². The summed E-state index contributed by atoms with van der Waals surface area (Å²) in [7, 11) is 0. The van der Waals surface area contributed by atoms with Crippen LogP contribution in [0, 0.1) is 13.8 Å². The molecule has 3 heterocycles. The summed E-state index contributed by atoms with van der Waals surface area (Å²) >= 11 is 0. The third-order valence-electron chi connectivity index (χ3n) is 5.01. The minimum Gasteiger partial charge on any atom is -0.305 e. The van der Waals surface area contributed by atoms with Crippen LogP contribution in [0.1, 0.15) is 41.1 Å². The Morgan fingerprint density at radius 3 is 2.56 bits per heavy atom. The fraction of sp³-hybridized carbons (Fsp3) is 0.286. The summed E-state index contributed by atoms with van der Waals surface area (Å²) in [6, 6.07) is 12.2. The van der Waals surface area contributed by atoms with Gasteiger partial charge in [0.25, 0.3) is 5.91 Å². The zero-order chi connectivity index (χ0) is 18.3. The molecule has 6 heteroatoms. The molecule has 0 fully saturated rings. The van der Waals surface area contributed by atoms with Gasteiger partial charge in [-0.1, -0.05) is 24.6 Å². The van der Waals surface area contributed by atoms with E-state index in [1.54, 1.807) is 6.20 Å². The highest BCUT2D eigenvalue weighted by atomic mass is 32.1. The van der Waals surface area contributed by atoms with Crippen LogP contribution in [0.25, 0.3) is 11.1 Å². The quantitative estimate of drug-likeness (QED) is 0.681. The summed E-state index contributed by atoms with van der Waals surface area (Å²) in [4.78, 5) is 19.5. The van der Waals surface area contributed by atoms with Gasteiger partial charge in [-0.25, -0.2) is 0 Å². The third-order valence-corrected chi connectivity index (χ3v) is 5.01. The average molecular weight is 381 g/mol. The first kappa shape index (κ1) is 19.2. The van der Waals surface area contributed by atoms with Gasteiger partial charge in [-0.05, 0) is 50.1 Å². The van der Waals surface area contributed by atoms with Crippen molar-refractivity contribution >= 4 is 25.1 Å². The standard InChI is InChI=1S/C21H22N4O.H2S/c1-4-17-13-24(18-7-5-14(2)6-8-18)21(26)20-19(12-23-25(17)20)16-9-10-22-15(3)11-16;/h5-12,17H,4,13H2,1-3H3;1H2/t17-;/m0./s1. The summed E-state index contributed by atoms with van der Waals surface area (Å²) in [5, 5.41) is 4.56. The predicted octanol–water partition coefficient (Wildman–Crippen LogP) is 4.29. The number of nitrogens with zero attached hydrogens (tertiary/aromatic N) is 4. The van der Waals surface area contributed by atoms with Gasteiger partial charge in [0.1, 0.15) is 5.69 Å². The van der Waals surface area contributed by atoms with Crippen LogP contribution in [0.3, 0.4) is 0 Å². The van der Waals surface area contributed by atoms with Crippen molar-refractivity contribution in [2.75, 3.05) is 11.4 Å². The van der Waals surface area contributed by atoms with Gasteiger partial charge in [0.15, 0.2) is 0 Å². The molecule has 1 aliphatic heterocycles. The molecule has 1 amide bonds. The van der Waals surface area contributed by atoms with Crippen molar-refractivity contribution in [3.63, 3.8) is 0 Å². The van der Waals surface area contributed by atoms with Crippen LogP contribution in [-0.2, 0) is 0 Å². The van der Waals surface area contributed by atoms with Gasteiger partial charge in [0, 0.05) is 29.7 Å². The van der Waals surface area contributed by atoms with Crippen LogP contribution in [0.4, 0.5) is 5.69 Å². The Hall–Kier alpha value is -2.60. The molecule has 0 spiro atoms. The number of benzene rings is 1. The Labute approximate surface area is 166 Å². The molecule has 0 radical (unpaired) electrons. The lowest BCUT2D eigenvalue weighted by Crippen LogP contribution is -2.43. The third kappa shape index (κ3) is 3.37. The van der Waals surface area contributed by atoms with Crippen LogP contribution in [0.15, 0.2) is 48.8 Å². The Morgan fingerprint density at radius 1 is 1.15 bits per heavy atom. The minimum absolute atomic E-state index is 0. The molecule has 3 aromatic rings. The zero-order valence-corrected chi connectivity index (χ0v) is 16.8. The second kappa shape index (κ2) is 7.56. The maximum atomic E-state index is 13.4. The molecule has 1 aromatic carbocycles. The molecule has 4 rings (SSSR count). The van der Waals surface area contributed by atoms with E-state index in [1.165, 1.54) is 5.56 Å². The Morgan fingerprint density at radius 2 is 1.89 bits per heavy atom. The molecule has 0 N–H and O–H groups in total. The van der Waals surface area contributed by atoms with E-state index in [1.807, 2.05) is 59.1 Å². The highest BCUT2D eigenvalue weighted by Gasteiger charge is 2.34. The minimum atomic E-state index is 0. The summed E-state index contributed by atoms with van der Waals surface area (Å²) in [5.41, 5.74) is 5.55. The highest BCUT2D eigenvalue weighted by Crippen LogP contribution is 2.33. The summed E-state index contributed by atoms with van der Waals surface area (Å²) in [6.45, 7) is 6.78. The van der Waals surface area contributed by atoms with Gasteiger partial charge < -0.3 is 4.90 Å². The molecule has 0 unspecified atom stereocenters. The van der Waals surface area contributed by atoms with E-state index >= 15 is 0 Å². The van der Waals surface area contributed by atoms with E-state index in [9.17, 15) is 4.79 Å². The Bertz CT molecular complexity index is 965. The molecule has 140 valence electrons. The van der Waals surface area contributed by atoms with Gasteiger partial charge in [-0.15, -0.1) is 0 Å². The van der Waals surface area contributed by atoms with Crippen molar-refractivity contribution in [2.45, 2.75) is 33.2 Å². The van der Waals surface area contributed by atoms with Crippen molar-refractivity contribution in [2.24, 2.45) is 0 Å². The number of amides is 1. The second-order valence-electron chi connectivity index (χ2n) is 6.85. The fourth-order valence-corrected chi connectivity index (χ4v) is 3.52. The lowest BCUT2D eigenvalue weighted by molar-refractivity contribution is 0.0951. The SMILES string of the molecule is CC[C@H]1CN(c2ccc(C)cc2)C(=O)c2c(-c3ccnc(C)c3)cnn21.S. The predicted molar refractivity (Wildman–Crippen MR) is 113 cm³/mol. The van der Waals surface area contributed by atoms with Gasteiger partial charge in [-0.3, -0.25) is 14.5 Å². The molecule has 27 heavy (non-hydrogen) atoms. The molecule has 1 atom stereocenters. The monoisotopic (exact) mass is 380 g/mol. The summed E-state index contributed by atoms with van der Waals surface area (Å²) < 4.78 is 1.90. The lowest BCUT2D eigenvalue weighted by atomic mass is 10.0. The molecule has 0 bridgehead atoms. The van der Waals surface area contributed by atoms with Crippen molar-refractivity contribution in [1.82, 2.24) is 14.8 Å². The number of carbonyl (C=O) groups excluding carboxylic acids is 1. The number of hydrogen-bond donors (Lipinski definition) is 0. The number of hydrogen-bond acceptors (Lipinski definition) is 3. The molecule has 1 aliphatic rings. The zero-order valence-electron chi connectivity index (χ0n) is 15.8. The molecule has 2 aromatic heterocycles. The van der Waals surface area contributed by atoms with Gasteiger partial charge >= 0.3 is 0 Å².